The zero-order valence-electron chi connectivity index (χ0n) is 14.7. The molecule has 1 aromatic carbocycles. The highest BCUT2D eigenvalue weighted by Gasteiger charge is 2.30. The Hall–Kier alpha value is -1.53. The molecule has 4 nitrogen and oxygen atoms in total. The number of amides is 1. The van der Waals surface area contributed by atoms with E-state index in [1.54, 1.807) is 11.8 Å². The van der Waals surface area contributed by atoms with Crippen molar-refractivity contribution in [1.29, 1.82) is 0 Å². The van der Waals surface area contributed by atoms with Crippen LogP contribution in [0.3, 0.4) is 0 Å². The molecule has 1 aromatic heterocycles. The van der Waals surface area contributed by atoms with Gasteiger partial charge in [0.25, 0.3) is 0 Å². The lowest BCUT2D eigenvalue weighted by Gasteiger charge is -2.33. The third kappa shape index (κ3) is 3.70. The monoisotopic (exact) mass is 419 g/mol. The van der Waals surface area contributed by atoms with Gasteiger partial charge in [-0.05, 0) is 39.7 Å². The summed E-state index contributed by atoms with van der Waals surface area (Å²) in [7, 11) is 3.98. The third-order valence-electron chi connectivity index (χ3n) is 4.50. The summed E-state index contributed by atoms with van der Waals surface area (Å²) in [6.07, 6.45) is 4.71. The standard InChI is InChI=1S/C19H22BrN3OS/c1-22(2)18-15-12-23(10-9-14(15)16(20)11-21-18)19(24)17(25-3)13-7-5-4-6-8-13/h4-8,11,17H,9-10,12H2,1-3H3. The fourth-order valence-electron chi connectivity index (χ4n) is 3.25. The molecule has 2 aromatic rings. The number of anilines is 1. The lowest BCUT2D eigenvalue weighted by Crippen LogP contribution is -2.39. The molecular formula is C19H22BrN3OS. The minimum Gasteiger partial charge on any atom is -0.362 e. The number of carbonyl (C=O) groups excluding carboxylic acids is 1. The van der Waals surface area contributed by atoms with Crippen molar-refractivity contribution in [2.24, 2.45) is 0 Å². The van der Waals surface area contributed by atoms with E-state index in [1.807, 2.05) is 66.7 Å². The Morgan fingerprint density at radius 3 is 2.64 bits per heavy atom. The van der Waals surface area contributed by atoms with Crippen LogP contribution in [-0.2, 0) is 17.8 Å². The van der Waals surface area contributed by atoms with Crippen molar-refractivity contribution in [2.45, 2.75) is 18.2 Å². The van der Waals surface area contributed by atoms with Gasteiger partial charge in [-0.15, -0.1) is 11.8 Å². The Balaban J connectivity index is 1.89. The van der Waals surface area contributed by atoms with Crippen molar-refractivity contribution in [2.75, 3.05) is 31.8 Å². The summed E-state index contributed by atoms with van der Waals surface area (Å²) in [4.78, 5) is 21.7. The second-order valence-electron chi connectivity index (χ2n) is 6.32. The molecule has 1 unspecified atom stereocenters. The smallest absolute Gasteiger partial charge is 0.240 e. The molecule has 6 heteroatoms. The van der Waals surface area contributed by atoms with Crippen LogP contribution in [0, 0.1) is 0 Å². The van der Waals surface area contributed by atoms with Crippen LogP contribution in [0.15, 0.2) is 41.0 Å². The SMILES string of the molecule is CSC(C(=O)N1CCc2c(Br)cnc(N(C)C)c2C1)c1ccccc1. The van der Waals surface area contributed by atoms with Crippen LogP contribution in [0.25, 0.3) is 0 Å². The first-order valence-electron chi connectivity index (χ1n) is 8.23. The maximum Gasteiger partial charge on any atom is 0.240 e. The quantitative estimate of drug-likeness (QED) is 0.752. The highest BCUT2D eigenvalue weighted by molar-refractivity contribution is 9.10. The van der Waals surface area contributed by atoms with Gasteiger partial charge in [0, 0.05) is 43.4 Å². The van der Waals surface area contributed by atoms with Crippen molar-refractivity contribution in [1.82, 2.24) is 9.88 Å². The second kappa shape index (κ2) is 7.79. The molecule has 0 N–H and O–H groups in total. The van der Waals surface area contributed by atoms with E-state index in [9.17, 15) is 4.79 Å². The van der Waals surface area contributed by atoms with Crippen LogP contribution in [0.4, 0.5) is 5.82 Å². The lowest BCUT2D eigenvalue weighted by molar-refractivity contribution is -0.131. The molecule has 1 atom stereocenters. The molecule has 25 heavy (non-hydrogen) atoms. The first-order valence-corrected chi connectivity index (χ1v) is 10.3. The van der Waals surface area contributed by atoms with Gasteiger partial charge in [0.2, 0.25) is 5.91 Å². The third-order valence-corrected chi connectivity index (χ3v) is 6.13. The van der Waals surface area contributed by atoms with Gasteiger partial charge in [0.05, 0.1) is 0 Å². The first kappa shape index (κ1) is 18.3. The van der Waals surface area contributed by atoms with Crippen molar-refractivity contribution in [3.8, 4) is 0 Å². The Labute approximate surface area is 161 Å². The summed E-state index contributed by atoms with van der Waals surface area (Å²) in [5.74, 6) is 1.12. The molecular weight excluding hydrogens is 398 g/mol. The first-order chi connectivity index (χ1) is 12.0. The summed E-state index contributed by atoms with van der Waals surface area (Å²) in [5.41, 5.74) is 3.47. The molecule has 0 aliphatic carbocycles. The van der Waals surface area contributed by atoms with Gasteiger partial charge in [0.1, 0.15) is 11.1 Å². The number of fused-ring (bicyclic) bond motifs is 1. The zero-order valence-corrected chi connectivity index (χ0v) is 17.1. The van der Waals surface area contributed by atoms with Gasteiger partial charge in [-0.1, -0.05) is 30.3 Å². The highest BCUT2D eigenvalue weighted by atomic mass is 79.9. The number of benzene rings is 1. The predicted molar refractivity (Wildman–Crippen MR) is 108 cm³/mol. The number of thioether (sulfide) groups is 1. The molecule has 1 amide bonds. The van der Waals surface area contributed by atoms with Crippen LogP contribution >= 0.6 is 27.7 Å². The summed E-state index contributed by atoms with van der Waals surface area (Å²) in [6, 6.07) is 10.0. The highest BCUT2D eigenvalue weighted by Crippen LogP contribution is 2.35. The molecule has 0 saturated carbocycles. The van der Waals surface area contributed by atoms with Gasteiger partial charge in [-0.3, -0.25) is 4.79 Å². The number of hydrogen-bond donors (Lipinski definition) is 0. The Morgan fingerprint density at radius 1 is 1.28 bits per heavy atom. The number of aromatic nitrogens is 1. The van der Waals surface area contributed by atoms with E-state index in [1.165, 1.54) is 5.56 Å². The van der Waals surface area contributed by atoms with Gasteiger partial charge in [-0.25, -0.2) is 4.98 Å². The molecule has 1 aliphatic rings. The van der Waals surface area contributed by atoms with Gasteiger partial charge in [0.15, 0.2) is 0 Å². The number of hydrogen-bond acceptors (Lipinski definition) is 4. The van der Waals surface area contributed by atoms with Gasteiger partial charge >= 0.3 is 0 Å². The van der Waals surface area contributed by atoms with Gasteiger partial charge in [-0.2, -0.15) is 0 Å². The van der Waals surface area contributed by atoms with Crippen molar-refractivity contribution in [3.63, 3.8) is 0 Å². The largest absolute Gasteiger partial charge is 0.362 e. The lowest BCUT2D eigenvalue weighted by atomic mass is 9.99. The van der Waals surface area contributed by atoms with E-state index in [-0.39, 0.29) is 11.2 Å². The molecule has 0 bridgehead atoms. The molecule has 1 aliphatic heterocycles. The van der Waals surface area contributed by atoms with Crippen molar-refractivity contribution in [3.05, 3.63) is 57.7 Å². The predicted octanol–water partition coefficient (Wildman–Crippen LogP) is 3.90. The van der Waals surface area contributed by atoms with Crippen LogP contribution in [-0.4, -0.2) is 42.7 Å². The fraction of sp³-hybridized carbons (Fsp3) is 0.368. The van der Waals surface area contributed by atoms with Gasteiger partial charge < -0.3 is 9.80 Å². The van der Waals surface area contributed by atoms with Crippen molar-refractivity contribution >= 4 is 39.4 Å². The minimum atomic E-state index is -0.161. The van der Waals surface area contributed by atoms with E-state index in [2.05, 4.69) is 20.9 Å². The molecule has 3 rings (SSSR count). The number of halogens is 1. The zero-order chi connectivity index (χ0) is 18.0. The van der Waals surface area contributed by atoms with Crippen LogP contribution in [0.1, 0.15) is 21.9 Å². The van der Waals surface area contributed by atoms with E-state index in [0.717, 1.165) is 34.4 Å². The molecule has 132 valence electrons. The fourth-order valence-corrected chi connectivity index (χ4v) is 4.57. The topological polar surface area (TPSA) is 36.4 Å². The second-order valence-corrected chi connectivity index (χ2v) is 8.11. The average molecular weight is 420 g/mol. The number of nitrogens with zero attached hydrogens (tertiary/aromatic N) is 3. The number of pyridine rings is 1. The number of rotatable bonds is 4. The molecule has 0 saturated heterocycles. The van der Waals surface area contributed by atoms with E-state index in [4.69, 9.17) is 0 Å². The van der Waals surface area contributed by atoms with E-state index < -0.39 is 0 Å². The molecule has 2 heterocycles. The number of carbonyl (C=O) groups is 1. The molecule has 0 spiro atoms. The normalized spacial score (nSPS) is 14.8. The van der Waals surface area contributed by atoms with Crippen LogP contribution < -0.4 is 4.90 Å². The molecule has 0 radical (unpaired) electrons. The van der Waals surface area contributed by atoms with Crippen LogP contribution in [0.5, 0.6) is 0 Å². The summed E-state index contributed by atoms with van der Waals surface area (Å²) < 4.78 is 1.03. The minimum absolute atomic E-state index is 0.161. The average Bonchev–Trinajstić information content (AvgIpc) is 2.63. The molecule has 0 fully saturated rings. The Kier molecular flexibility index (Phi) is 5.69. The summed E-state index contributed by atoms with van der Waals surface area (Å²) >= 11 is 5.21. The van der Waals surface area contributed by atoms with E-state index in [0.29, 0.717) is 6.54 Å². The van der Waals surface area contributed by atoms with E-state index >= 15 is 0 Å². The Bertz CT molecular complexity index is 767. The van der Waals surface area contributed by atoms with Crippen LogP contribution in [0.2, 0.25) is 0 Å². The summed E-state index contributed by atoms with van der Waals surface area (Å²) in [6.45, 7) is 1.35. The maximum absolute atomic E-state index is 13.2. The summed E-state index contributed by atoms with van der Waals surface area (Å²) in [5, 5.41) is -0.161. The maximum atomic E-state index is 13.2. The Morgan fingerprint density at radius 2 is 2.00 bits per heavy atom. The van der Waals surface area contributed by atoms with Crippen molar-refractivity contribution < 1.29 is 4.79 Å².